The van der Waals surface area contributed by atoms with Crippen LogP contribution in [0.5, 0.6) is 0 Å². The quantitative estimate of drug-likeness (QED) is 0.705. The highest BCUT2D eigenvalue weighted by Gasteiger charge is 2.17. The van der Waals surface area contributed by atoms with E-state index in [4.69, 9.17) is 9.47 Å². The van der Waals surface area contributed by atoms with E-state index in [1.54, 1.807) is 19.1 Å². The molecule has 0 fully saturated rings. The molecule has 124 valence electrons. The highest BCUT2D eigenvalue weighted by atomic mass is 32.2. The average Bonchev–Trinajstić information content (AvgIpc) is 2.54. The Bertz CT molecular complexity index is 563. The summed E-state index contributed by atoms with van der Waals surface area (Å²) in [5, 5.41) is 0. The number of nitrogens with one attached hydrogen (secondary N) is 1. The highest BCUT2D eigenvalue weighted by molar-refractivity contribution is 7.89. The summed E-state index contributed by atoms with van der Waals surface area (Å²) in [4.78, 5) is 14.2. The van der Waals surface area contributed by atoms with Crippen LogP contribution in [0.1, 0.15) is 10.4 Å². The summed E-state index contributed by atoms with van der Waals surface area (Å²) in [5.74, 6) is -0.192. The second kappa shape index (κ2) is 8.84. The molecule has 0 aromatic heterocycles. The van der Waals surface area contributed by atoms with E-state index < -0.39 is 10.0 Å². The molecule has 0 aliphatic carbocycles. The van der Waals surface area contributed by atoms with Crippen LogP contribution in [0.25, 0.3) is 0 Å². The Kier molecular flexibility index (Phi) is 7.46. The van der Waals surface area contributed by atoms with Crippen LogP contribution < -0.4 is 4.72 Å². The van der Waals surface area contributed by atoms with Gasteiger partial charge in [0.1, 0.15) is 0 Å². The Balaban J connectivity index is 2.89. The molecule has 0 heterocycles. The number of hydrogen-bond acceptors (Lipinski definition) is 5. The van der Waals surface area contributed by atoms with Crippen LogP contribution >= 0.6 is 0 Å². The SMILES string of the molecule is CNS(=O)(=O)c1ccc(C(=O)N(CCOC)CCOC)cc1. The maximum Gasteiger partial charge on any atom is 0.254 e. The van der Waals surface area contributed by atoms with Crippen molar-refractivity contribution in [2.75, 3.05) is 47.6 Å². The van der Waals surface area contributed by atoms with Crippen LogP contribution in [-0.4, -0.2) is 66.8 Å². The van der Waals surface area contributed by atoms with Gasteiger partial charge in [-0.25, -0.2) is 13.1 Å². The molecule has 0 atom stereocenters. The molecule has 0 aliphatic heterocycles. The zero-order chi connectivity index (χ0) is 16.6. The number of carbonyl (C=O) groups excluding carboxylic acids is 1. The first-order chi connectivity index (χ1) is 10.5. The fourth-order valence-corrected chi connectivity index (χ4v) is 2.53. The van der Waals surface area contributed by atoms with Gasteiger partial charge < -0.3 is 14.4 Å². The van der Waals surface area contributed by atoms with Crippen molar-refractivity contribution >= 4 is 15.9 Å². The number of carbonyl (C=O) groups is 1. The summed E-state index contributed by atoms with van der Waals surface area (Å²) < 4.78 is 35.5. The molecule has 8 heteroatoms. The first-order valence-electron chi connectivity index (χ1n) is 6.77. The maximum atomic E-state index is 12.4. The fourth-order valence-electron chi connectivity index (χ4n) is 1.79. The molecule has 7 nitrogen and oxygen atoms in total. The van der Waals surface area contributed by atoms with Crippen LogP contribution in [-0.2, 0) is 19.5 Å². The second-order valence-corrected chi connectivity index (χ2v) is 6.40. The Morgan fingerprint density at radius 1 is 1.09 bits per heavy atom. The molecule has 1 N–H and O–H groups in total. The predicted molar refractivity (Wildman–Crippen MR) is 82.3 cm³/mol. The summed E-state index contributed by atoms with van der Waals surface area (Å²) in [6.45, 7) is 1.72. The number of nitrogens with zero attached hydrogens (tertiary/aromatic N) is 1. The summed E-state index contributed by atoms with van der Waals surface area (Å²) in [6.07, 6.45) is 0. The maximum absolute atomic E-state index is 12.4. The lowest BCUT2D eigenvalue weighted by molar-refractivity contribution is 0.0627. The lowest BCUT2D eigenvalue weighted by atomic mass is 10.2. The van der Waals surface area contributed by atoms with E-state index in [9.17, 15) is 13.2 Å². The van der Waals surface area contributed by atoms with Gasteiger partial charge in [0.15, 0.2) is 0 Å². The number of amides is 1. The molecule has 0 aliphatic rings. The normalized spacial score (nSPS) is 11.4. The number of benzene rings is 1. The molecule has 0 saturated carbocycles. The van der Waals surface area contributed by atoms with Gasteiger partial charge in [0, 0.05) is 32.9 Å². The van der Waals surface area contributed by atoms with E-state index in [1.165, 1.54) is 31.3 Å². The van der Waals surface area contributed by atoms with Gasteiger partial charge in [0.25, 0.3) is 5.91 Å². The van der Waals surface area contributed by atoms with Crippen LogP contribution in [0.2, 0.25) is 0 Å². The second-order valence-electron chi connectivity index (χ2n) is 4.51. The Labute approximate surface area is 131 Å². The van der Waals surface area contributed by atoms with E-state index in [2.05, 4.69) is 4.72 Å². The van der Waals surface area contributed by atoms with Gasteiger partial charge in [0.05, 0.1) is 18.1 Å². The summed E-state index contributed by atoms with van der Waals surface area (Å²) >= 11 is 0. The topological polar surface area (TPSA) is 84.9 Å². The number of sulfonamides is 1. The van der Waals surface area contributed by atoms with Crippen molar-refractivity contribution in [2.45, 2.75) is 4.90 Å². The van der Waals surface area contributed by atoms with Gasteiger partial charge in [0.2, 0.25) is 10.0 Å². The van der Waals surface area contributed by atoms with Gasteiger partial charge in [-0.05, 0) is 31.3 Å². The molecular weight excluding hydrogens is 308 g/mol. The standard InChI is InChI=1S/C14H22N2O5S/c1-15-22(18,19)13-6-4-12(5-7-13)14(17)16(8-10-20-2)9-11-21-3/h4-7,15H,8-11H2,1-3H3. The molecule has 0 saturated heterocycles. The third-order valence-corrected chi connectivity index (χ3v) is 4.53. The van der Waals surface area contributed by atoms with E-state index >= 15 is 0 Å². The molecular formula is C14H22N2O5S. The van der Waals surface area contributed by atoms with Crippen LogP contribution in [0.15, 0.2) is 29.2 Å². The molecule has 1 aromatic carbocycles. The Morgan fingerprint density at radius 3 is 2.00 bits per heavy atom. The third-order valence-electron chi connectivity index (χ3n) is 3.10. The number of methoxy groups -OCH3 is 2. The van der Waals surface area contributed by atoms with Crippen molar-refractivity contribution in [2.24, 2.45) is 0 Å². The zero-order valence-electron chi connectivity index (χ0n) is 13.0. The minimum atomic E-state index is -3.50. The van der Waals surface area contributed by atoms with Crippen molar-refractivity contribution in [1.82, 2.24) is 9.62 Å². The number of rotatable bonds is 9. The van der Waals surface area contributed by atoms with Crippen molar-refractivity contribution in [3.8, 4) is 0 Å². The highest BCUT2D eigenvalue weighted by Crippen LogP contribution is 2.12. The molecule has 0 unspecified atom stereocenters. The summed E-state index contributed by atoms with van der Waals surface area (Å²) in [7, 11) is 0.966. The molecule has 0 bridgehead atoms. The molecule has 0 spiro atoms. The molecule has 1 amide bonds. The Morgan fingerprint density at radius 2 is 1.59 bits per heavy atom. The molecule has 1 aromatic rings. The first kappa shape index (κ1) is 18.6. The molecule has 0 radical (unpaired) electrons. The molecule has 1 rings (SSSR count). The van der Waals surface area contributed by atoms with Gasteiger partial charge in [-0.1, -0.05) is 0 Å². The van der Waals surface area contributed by atoms with Crippen LogP contribution in [0, 0.1) is 0 Å². The van der Waals surface area contributed by atoms with E-state index in [0.717, 1.165) is 0 Å². The smallest absolute Gasteiger partial charge is 0.254 e. The third kappa shape index (κ3) is 5.06. The minimum Gasteiger partial charge on any atom is -0.383 e. The van der Waals surface area contributed by atoms with E-state index in [1.807, 2.05) is 0 Å². The average molecular weight is 330 g/mol. The zero-order valence-corrected chi connectivity index (χ0v) is 13.9. The lowest BCUT2D eigenvalue weighted by Gasteiger charge is -2.22. The van der Waals surface area contributed by atoms with Gasteiger partial charge >= 0.3 is 0 Å². The van der Waals surface area contributed by atoms with Crippen LogP contribution in [0.4, 0.5) is 0 Å². The van der Waals surface area contributed by atoms with Crippen LogP contribution in [0.3, 0.4) is 0 Å². The van der Waals surface area contributed by atoms with Gasteiger partial charge in [-0.15, -0.1) is 0 Å². The van der Waals surface area contributed by atoms with Gasteiger partial charge in [-0.3, -0.25) is 4.79 Å². The summed E-state index contributed by atoms with van der Waals surface area (Å²) in [6, 6.07) is 5.81. The predicted octanol–water partition coefficient (Wildman–Crippen LogP) is 0.330. The Hall–Kier alpha value is -1.48. The van der Waals surface area contributed by atoms with Gasteiger partial charge in [-0.2, -0.15) is 0 Å². The summed E-state index contributed by atoms with van der Waals surface area (Å²) in [5.41, 5.74) is 0.419. The van der Waals surface area contributed by atoms with E-state index in [0.29, 0.717) is 31.9 Å². The van der Waals surface area contributed by atoms with Crippen molar-refractivity contribution in [3.05, 3.63) is 29.8 Å². The molecule has 22 heavy (non-hydrogen) atoms. The number of hydrogen-bond donors (Lipinski definition) is 1. The van der Waals surface area contributed by atoms with Crippen molar-refractivity contribution in [1.29, 1.82) is 0 Å². The first-order valence-corrected chi connectivity index (χ1v) is 8.25. The lowest BCUT2D eigenvalue weighted by Crippen LogP contribution is -2.36. The minimum absolute atomic E-state index is 0.117. The van der Waals surface area contributed by atoms with Crippen molar-refractivity contribution < 1.29 is 22.7 Å². The monoisotopic (exact) mass is 330 g/mol. The van der Waals surface area contributed by atoms with Crippen molar-refractivity contribution in [3.63, 3.8) is 0 Å². The number of ether oxygens (including phenoxy) is 2. The van der Waals surface area contributed by atoms with E-state index in [-0.39, 0.29) is 10.8 Å². The fraction of sp³-hybridized carbons (Fsp3) is 0.500. The largest absolute Gasteiger partial charge is 0.383 e.